The molecule has 10 heteroatoms. The second-order valence-corrected chi connectivity index (χ2v) is 18.9. The number of phosphoric ester groups is 1. The fraction of sp³-hybridized carbons (Fsp3) is 0.875. The third kappa shape index (κ3) is 44.1. The Morgan fingerprint density at radius 2 is 0.879 bits per heavy atom. The standard InChI is InChI=1S/C48H92NO8P/c1-6-8-10-12-14-16-18-20-22-23-24-25-27-29-31-33-35-37-39-41-48(51)57-46(45-56-58(52,53)55-43-42-49(3,4)5)44-54-47(50)40-38-36-34-32-30-28-26-21-19-17-15-13-11-9-7-2/h20,22,30,32,46H,6-19,21,23-29,31,33-45H2,1-5H3/p+1/b22-20+,32-30+/t46-/m1/s1. The summed E-state index contributed by atoms with van der Waals surface area (Å²) in [6.45, 7) is 4.42. The average molecular weight is 843 g/mol. The highest BCUT2D eigenvalue weighted by Crippen LogP contribution is 2.43. The lowest BCUT2D eigenvalue weighted by molar-refractivity contribution is -0.870. The minimum absolute atomic E-state index is 0.0299. The van der Waals surface area contributed by atoms with Gasteiger partial charge in [0.15, 0.2) is 6.10 Å². The number of rotatable bonds is 44. The molecular weight excluding hydrogens is 750 g/mol. The number of allylic oxidation sites excluding steroid dienone is 4. The van der Waals surface area contributed by atoms with Crippen LogP contribution in [-0.2, 0) is 32.7 Å². The molecule has 0 aromatic heterocycles. The van der Waals surface area contributed by atoms with E-state index in [1.165, 1.54) is 141 Å². The molecule has 0 rings (SSSR count). The highest BCUT2D eigenvalue weighted by Gasteiger charge is 2.27. The van der Waals surface area contributed by atoms with Crippen LogP contribution in [-0.4, -0.2) is 74.9 Å². The summed E-state index contributed by atoms with van der Waals surface area (Å²) in [5.41, 5.74) is 0. The predicted molar refractivity (Wildman–Crippen MR) is 243 cm³/mol. The van der Waals surface area contributed by atoms with E-state index in [4.69, 9.17) is 18.5 Å². The summed E-state index contributed by atoms with van der Waals surface area (Å²) in [4.78, 5) is 35.4. The Bertz CT molecular complexity index is 1040. The van der Waals surface area contributed by atoms with Gasteiger partial charge in [-0.3, -0.25) is 18.6 Å². The zero-order valence-corrected chi connectivity index (χ0v) is 39.4. The molecule has 0 aliphatic rings. The fourth-order valence-corrected chi connectivity index (χ4v) is 7.39. The molecule has 0 saturated heterocycles. The van der Waals surface area contributed by atoms with Crippen LogP contribution in [0.2, 0.25) is 0 Å². The molecule has 0 aliphatic carbocycles. The van der Waals surface area contributed by atoms with Crippen LogP contribution in [0.15, 0.2) is 24.3 Å². The Morgan fingerprint density at radius 1 is 0.517 bits per heavy atom. The maximum Gasteiger partial charge on any atom is 0.472 e. The van der Waals surface area contributed by atoms with Crippen LogP contribution >= 0.6 is 7.82 Å². The van der Waals surface area contributed by atoms with Crippen molar-refractivity contribution < 1.29 is 42.1 Å². The van der Waals surface area contributed by atoms with Crippen molar-refractivity contribution in [3.8, 4) is 0 Å². The summed E-state index contributed by atoms with van der Waals surface area (Å²) in [6.07, 6.45) is 45.1. The maximum atomic E-state index is 12.7. The normalized spacial score (nSPS) is 13.7. The van der Waals surface area contributed by atoms with Gasteiger partial charge in [0.05, 0.1) is 27.7 Å². The van der Waals surface area contributed by atoms with Gasteiger partial charge >= 0.3 is 19.8 Å². The molecule has 9 nitrogen and oxygen atoms in total. The highest BCUT2D eigenvalue weighted by molar-refractivity contribution is 7.47. The number of carbonyl (C=O) groups excluding carboxylic acids is 2. The van der Waals surface area contributed by atoms with E-state index in [9.17, 15) is 19.0 Å². The summed E-state index contributed by atoms with van der Waals surface area (Å²) in [5, 5.41) is 0. The number of phosphoric acid groups is 1. The van der Waals surface area contributed by atoms with E-state index < -0.39 is 26.5 Å². The van der Waals surface area contributed by atoms with Gasteiger partial charge in [0.2, 0.25) is 0 Å². The van der Waals surface area contributed by atoms with Gasteiger partial charge in [0.1, 0.15) is 19.8 Å². The Morgan fingerprint density at radius 3 is 1.31 bits per heavy atom. The molecule has 0 fully saturated rings. The van der Waals surface area contributed by atoms with Gasteiger partial charge < -0.3 is 18.9 Å². The number of esters is 2. The highest BCUT2D eigenvalue weighted by atomic mass is 31.2. The molecule has 342 valence electrons. The monoisotopic (exact) mass is 843 g/mol. The van der Waals surface area contributed by atoms with Gasteiger partial charge in [-0.05, 0) is 64.2 Å². The molecule has 0 heterocycles. The topological polar surface area (TPSA) is 108 Å². The largest absolute Gasteiger partial charge is 0.472 e. The SMILES string of the molecule is CCCCCCCC/C=C/CCCCCCCCCCCC(=O)O[C@H](COC(=O)CCCC/C=C/CCCCCCCCCCC)COP(=O)(O)OCC[N+](C)(C)C. The molecule has 1 unspecified atom stereocenters. The number of nitrogens with zero attached hydrogens (tertiary/aromatic N) is 1. The number of likely N-dealkylation sites (N-methyl/N-ethyl adjacent to an activating group) is 1. The van der Waals surface area contributed by atoms with Gasteiger partial charge in [0, 0.05) is 12.8 Å². The predicted octanol–water partition coefficient (Wildman–Crippen LogP) is 13.9. The molecule has 0 saturated carbocycles. The van der Waals surface area contributed by atoms with Gasteiger partial charge in [-0.25, -0.2) is 4.57 Å². The fourth-order valence-electron chi connectivity index (χ4n) is 6.65. The van der Waals surface area contributed by atoms with E-state index in [0.29, 0.717) is 23.9 Å². The summed E-state index contributed by atoms with van der Waals surface area (Å²) < 4.78 is 34.4. The number of hydrogen-bond donors (Lipinski definition) is 1. The van der Waals surface area contributed by atoms with Crippen LogP contribution in [0.3, 0.4) is 0 Å². The lowest BCUT2D eigenvalue weighted by atomic mass is 10.1. The first-order valence-corrected chi connectivity index (χ1v) is 25.6. The first kappa shape index (κ1) is 56.5. The van der Waals surface area contributed by atoms with Gasteiger partial charge in [-0.15, -0.1) is 0 Å². The van der Waals surface area contributed by atoms with Crippen LogP contribution in [0.5, 0.6) is 0 Å². The van der Waals surface area contributed by atoms with Crippen molar-refractivity contribution in [1.29, 1.82) is 0 Å². The van der Waals surface area contributed by atoms with E-state index in [1.807, 2.05) is 21.1 Å². The first-order chi connectivity index (χ1) is 28.0. The molecule has 0 aliphatic heterocycles. The van der Waals surface area contributed by atoms with Gasteiger partial charge in [-0.2, -0.15) is 0 Å². The quantitative estimate of drug-likeness (QED) is 0.0212. The third-order valence-electron chi connectivity index (χ3n) is 10.5. The van der Waals surface area contributed by atoms with E-state index >= 15 is 0 Å². The van der Waals surface area contributed by atoms with Crippen molar-refractivity contribution in [3.05, 3.63) is 24.3 Å². The molecule has 0 radical (unpaired) electrons. The summed E-state index contributed by atoms with van der Waals surface area (Å²) in [6, 6.07) is 0. The van der Waals surface area contributed by atoms with Crippen molar-refractivity contribution in [2.75, 3.05) is 47.5 Å². The van der Waals surface area contributed by atoms with Crippen molar-refractivity contribution in [2.24, 2.45) is 0 Å². The Balaban J connectivity index is 4.31. The van der Waals surface area contributed by atoms with Crippen molar-refractivity contribution in [1.82, 2.24) is 0 Å². The Hall–Kier alpha value is -1.51. The second kappa shape index (κ2) is 40.9. The van der Waals surface area contributed by atoms with Crippen LogP contribution in [0.4, 0.5) is 0 Å². The molecule has 0 aromatic carbocycles. The van der Waals surface area contributed by atoms with E-state index in [0.717, 1.165) is 38.5 Å². The van der Waals surface area contributed by atoms with Crippen molar-refractivity contribution in [3.63, 3.8) is 0 Å². The second-order valence-electron chi connectivity index (χ2n) is 17.5. The third-order valence-corrected chi connectivity index (χ3v) is 11.4. The molecule has 2 atom stereocenters. The minimum atomic E-state index is -4.38. The van der Waals surface area contributed by atoms with Gasteiger partial charge in [-0.1, -0.05) is 167 Å². The number of ether oxygens (including phenoxy) is 2. The van der Waals surface area contributed by atoms with E-state index in [2.05, 4.69) is 38.2 Å². The van der Waals surface area contributed by atoms with E-state index in [1.54, 1.807) is 0 Å². The number of hydrogen-bond acceptors (Lipinski definition) is 7. The average Bonchev–Trinajstić information content (AvgIpc) is 3.17. The van der Waals surface area contributed by atoms with Crippen LogP contribution < -0.4 is 0 Å². The minimum Gasteiger partial charge on any atom is -0.462 e. The molecule has 0 amide bonds. The van der Waals surface area contributed by atoms with Crippen LogP contribution in [0.25, 0.3) is 0 Å². The zero-order chi connectivity index (χ0) is 42.8. The lowest BCUT2D eigenvalue weighted by Gasteiger charge is -2.24. The summed E-state index contributed by atoms with van der Waals surface area (Å²) >= 11 is 0. The number of carbonyl (C=O) groups is 2. The van der Waals surface area contributed by atoms with E-state index in [-0.39, 0.29) is 32.0 Å². The Kier molecular flexibility index (Phi) is 39.8. The zero-order valence-electron chi connectivity index (χ0n) is 38.5. The molecule has 1 N–H and O–H groups in total. The summed E-state index contributed by atoms with van der Waals surface area (Å²) in [5.74, 6) is -0.819. The van der Waals surface area contributed by atoms with Crippen LogP contribution in [0, 0.1) is 0 Å². The van der Waals surface area contributed by atoms with Crippen molar-refractivity contribution >= 4 is 19.8 Å². The maximum absolute atomic E-state index is 12.7. The first-order valence-electron chi connectivity index (χ1n) is 24.1. The smallest absolute Gasteiger partial charge is 0.462 e. The van der Waals surface area contributed by atoms with Crippen molar-refractivity contribution in [2.45, 2.75) is 225 Å². The number of unbranched alkanes of at least 4 members (excludes halogenated alkanes) is 26. The molecule has 0 aromatic rings. The molecule has 0 spiro atoms. The molecular formula is C48H93NO8P+. The molecule has 0 bridgehead atoms. The Labute approximate surface area is 358 Å². The van der Waals surface area contributed by atoms with Gasteiger partial charge in [0.25, 0.3) is 0 Å². The lowest BCUT2D eigenvalue weighted by Crippen LogP contribution is -2.37. The summed E-state index contributed by atoms with van der Waals surface area (Å²) in [7, 11) is 1.47. The van der Waals surface area contributed by atoms with Crippen LogP contribution in [0.1, 0.15) is 219 Å². The number of quaternary nitrogens is 1. The molecule has 58 heavy (non-hydrogen) atoms.